The lowest BCUT2D eigenvalue weighted by atomic mass is 9.87. The normalized spacial score (nSPS) is 22.7. The summed E-state index contributed by atoms with van der Waals surface area (Å²) in [7, 11) is 0. The monoisotopic (exact) mass is 299 g/mol. The molecule has 0 amide bonds. The lowest BCUT2D eigenvalue weighted by Gasteiger charge is -2.23. The average Bonchev–Trinajstić information content (AvgIpc) is 3.09. The second-order valence-electron chi connectivity index (χ2n) is 5.64. The van der Waals surface area contributed by atoms with Crippen molar-refractivity contribution in [1.82, 2.24) is 19.8 Å². The van der Waals surface area contributed by atoms with Gasteiger partial charge in [-0.25, -0.2) is 0 Å². The molecule has 108 valence electrons. The van der Waals surface area contributed by atoms with E-state index >= 15 is 0 Å². The van der Waals surface area contributed by atoms with Crippen LogP contribution in [0.25, 0.3) is 16.3 Å². The first kappa shape index (κ1) is 12.9. The number of nitrogens with two attached hydrogens (primary N) is 1. The summed E-state index contributed by atoms with van der Waals surface area (Å²) in [6, 6.07) is 10.5. The first-order valence-corrected chi connectivity index (χ1v) is 8.16. The third-order valence-corrected chi connectivity index (χ3v) is 5.22. The Morgan fingerprint density at radius 3 is 2.57 bits per heavy atom. The molecule has 2 heterocycles. The van der Waals surface area contributed by atoms with Crippen LogP contribution in [0.1, 0.15) is 36.6 Å². The Balaban J connectivity index is 1.70. The smallest absolute Gasteiger partial charge is 0.234 e. The number of aromatic nitrogens is 4. The van der Waals surface area contributed by atoms with Gasteiger partial charge in [-0.05, 0) is 25.7 Å². The largest absolute Gasteiger partial charge is 0.328 e. The minimum absolute atomic E-state index is 0.367. The van der Waals surface area contributed by atoms with Crippen LogP contribution in [0, 0.1) is 0 Å². The lowest BCUT2D eigenvalue weighted by molar-refractivity contribution is 0.393. The molecule has 0 unspecified atom stereocenters. The Bertz CT molecular complexity index is 740. The van der Waals surface area contributed by atoms with E-state index in [1.54, 1.807) is 11.3 Å². The predicted molar refractivity (Wildman–Crippen MR) is 83.3 cm³/mol. The highest BCUT2D eigenvalue weighted by molar-refractivity contribution is 7.16. The second kappa shape index (κ2) is 5.20. The van der Waals surface area contributed by atoms with Crippen molar-refractivity contribution in [2.75, 3.05) is 0 Å². The fourth-order valence-electron chi connectivity index (χ4n) is 2.93. The minimum Gasteiger partial charge on any atom is -0.328 e. The van der Waals surface area contributed by atoms with Crippen LogP contribution in [0.4, 0.5) is 0 Å². The molecule has 2 N–H and O–H groups in total. The number of nitrogens with zero attached hydrogens (tertiary/aromatic N) is 4. The molecule has 6 heteroatoms. The van der Waals surface area contributed by atoms with Crippen molar-refractivity contribution in [2.45, 2.75) is 37.6 Å². The number of hydrogen-bond acceptors (Lipinski definition) is 5. The summed E-state index contributed by atoms with van der Waals surface area (Å²) in [6.45, 7) is 0. The van der Waals surface area contributed by atoms with E-state index in [9.17, 15) is 0 Å². The standard InChI is InChI=1S/C15H17N5S/c16-12-8-6-11(7-9-12)14-19-20-13(17-18-15(20)21-14)10-4-2-1-3-5-10/h1-5,11-12H,6-9,16H2. The quantitative estimate of drug-likeness (QED) is 0.790. The SMILES string of the molecule is NC1CCC(c2nn3c(-c4ccccc4)nnc3s2)CC1. The lowest BCUT2D eigenvalue weighted by Crippen LogP contribution is -2.25. The zero-order valence-corrected chi connectivity index (χ0v) is 12.5. The fraction of sp³-hybridized carbons (Fsp3) is 0.400. The number of hydrogen-bond donors (Lipinski definition) is 1. The van der Waals surface area contributed by atoms with E-state index in [0.29, 0.717) is 12.0 Å². The van der Waals surface area contributed by atoms with Crippen molar-refractivity contribution >= 4 is 16.3 Å². The summed E-state index contributed by atoms with van der Waals surface area (Å²) in [5, 5.41) is 14.5. The Labute approximate surface area is 126 Å². The molecular weight excluding hydrogens is 282 g/mol. The van der Waals surface area contributed by atoms with Gasteiger partial charge in [0.2, 0.25) is 4.96 Å². The molecule has 0 saturated heterocycles. The Morgan fingerprint density at radius 1 is 1.05 bits per heavy atom. The van der Waals surface area contributed by atoms with E-state index in [-0.39, 0.29) is 0 Å². The first-order valence-electron chi connectivity index (χ1n) is 7.34. The topological polar surface area (TPSA) is 69.1 Å². The third kappa shape index (κ3) is 2.34. The summed E-state index contributed by atoms with van der Waals surface area (Å²) >= 11 is 1.66. The van der Waals surface area contributed by atoms with Gasteiger partial charge in [0.05, 0.1) is 0 Å². The van der Waals surface area contributed by atoms with Gasteiger partial charge in [-0.2, -0.15) is 9.61 Å². The molecule has 0 bridgehead atoms. The summed E-state index contributed by atoms with van der Waals surface area (Å²) in [4.78, 5) is 0.874. The van der Waals surface area contributed by atoms with Crippen LogP contribution in [-0.2, 0) is 0 Å². The van der Waals surface area contributed by atoms with Gasteiger partial charge in [0, 0.05) is 17.5 Å². The van der Waals surface area contributed by atoms with Gasteiger partial charge in [-0.3, -0.25) is 0 Å². The van der Waals surface area contributed by atoms with Crippen LogP contribution in [0.15, 0.2) is 30.3 Å². The summed E-state index contributed by atoms with van der Waals surface area (Å²) in [5.41, 5.74) is 7.03. The molecule has 4 rings (SSSR count). The minimum atomic E-state index is 0.367. The van der Waals surface area contributed by atoms with E-state index in [4.69, 9.17) is 10.8 Å². The first-order chi connectivity index (χ1) is 10.3. The molecule has 1 saturated carbocycles. The molecular formula is C15H17N5S. The van der Waals surface area contributed by atoms with Crippen LogP contribution >= 0.6 is 11.3 Å². The molecule has 0 atom stereocenters. The Kier molecular flexibility index (Phi) is 3.20. The molecule has 1 aliphatic carbocycles. The summed E-state index contributed by atoms with van der Waals surface area (Å²) in [5.74, 6) is 1.35. The highest BCUT2D eigenvalue weighted by Crippen LogP contribution is 2.35. The second-order valence-corrected chi connectivity index (χ2v) is 6.62. The van der Waals surface area contributed by atoms with Crippen molar-refractivity contribution < 1.29 is 0 Å². The molecule has 0 spiro atoms. The van der Waals surface area contributed by atoms with E-state index in [1.165, 1.54) is 5.01 Å². The van der Waals surface area contributed by atoms with Crippen LogP contribution in [0.3, 0.4) is 0 Å². The predicted octanol–water partition coefficient (Wildman–Crippen LogP) is 2.84. The maximum Gasteiger partial charge on any atom is 0.234 e. The van der Waals surface area contributed by atoms with Gasteiger partial charge >= 0.3 is 0 Å². The zero-order chi connectivity index (χ0) is 14.2. The van der Waals surface area contributed by atoms with Gasteiger partial charge in [-0.15, -0.1) is 10.2 Å². The number of benzene rings is 1. The summed E-state index contributed by atoms with van der Waals surface area (Å²) in [6.07, 6.45) is 4.45. The molecule has 21 heavy (non-hydrogen) atoms. The Morgan fingerprint density at radius 2 is 1.81 bits per heavy atom. The van der Waals surface area contributed by atoms with E-state index in [0.717, 1.165) is 42.0 Å². The Hall–Kier alpha value is -1.79. The third-order valence-electron chi connectivity index (χ3n) is 4.16. The van der Waals surface area contributed by atoms with Crippen LogP contribution < -0.4 is 5.73 Å². The van der Waals surface area contributed by atoms with Gasteiger partial charge in [0.1, 0.15) is 5.01 Å². The van der Waals surface area contributed by atoms with E-state index in [2.05, 4.69) is 10.2 Å². The molecule has 1 fully saturated rings. The molecule has 1 aromatic carbocycles. The van der Waals surface area contributed by atoms with Crippen LogP contribution in [0.5, 0.6) is 0 Å². The van der Waals surface area contributed by atoms with Crippen molar-refractivity contribution in [3.8, 4) is 11.4 Å². The fourth-order valence-corrected chi connectivity index (χ4v) is 3.94. The average molecular weight is 299 g/mol. The molecule has 0 radical (unpaired) electrons. The van der Waals surface area contributed by atoms with Crippen molar-refractivity contribution in [1.29, 1.82) is 0 Å². The van der Waals surface area contributed by atoms with E-state index in [1.807, 2.05) is 34.8 Å². The maximum absolute atomic E-state index is 5.99. The number of rotatable bonds is 2. The maximum atomic E-state index is 5.99. The molecule has 0 aliphatic heterocycles. The van der Waals surface area contributed by atoms with Crippen molar-refractivity contribution in [3.63, 3.8) is 0 Å². The van der Waals surface area contributed by atoms with E-state index < -0.39 is 0 Å². The summed E-state index contributed by atoms with van der Waals surface area (Å²) < 4.78 is 1.88. The van der Waals surface area contributed by atoms with Crippen molar-refractivity contribution in [2.24, 2.45) is 5.73 Å². The molecule has 1 aliphatic rings. The van der Waals surface area contributed by atoms with Crippen LogP contribution in [0.2, 0.25) is 0 Å². The van der Waals surface area contributed by atoms with Gasteiger partial charge in [0.25, 0.3) is 0 Å². The highest BCUT2D eigenvalue weighted by atomic mass is 32.1. The van der Waals surface area contributed by atoms with Gasteiger partial charge in [-0.1, -0.05) is 41.7 Å². The van der Waals surface area contributed by atoms with Crippen molar-refractivity contribution in [3.05, 3.63) is 35.3 Å². The number of fused-ring (bicyclic) bond motifs is 1. The van der Waals surface area contributed by atoms with Gasteiger partial charge in [0.15, 0.2) is 5.82 Å². The zero-order valence-electron chi connectivity index (χ0n) is 11.6. The highest BCUT2D eigenvalue weighted by Gasteiger charge is 2.24. The molecule has 2 aromatic heterocycles. The van der Waals surface area contributed by atoms with Gasteiger partial charge < -0.3 is 5.73 Å². The molecule has 3 aromatic rings. The van der Waals surface area contributed by atoms with Crippen LogP contribution in [-0.4, -0.2) is 25.9 Å². The molecule has 5 nitrogen and oxygen atoms in total.